The van der Waals surface area contributed by atoms with Crippen molar-refractivity contribution in [3.63, 3.8) is 0 Å². The molecule has 3 aliphatic carbocycles. The van der Waals surface area contributed by atoms with Gasteiger partial charge >= 0.3 is 0 Å². The van der Waals surface area contributed by atoms with Crippen LogP contribution in [0.2, 0.25) is 0 Å². The third-order valence-corrected chi connectivity index (χ3v) is 8.96. The van der Waals surface area contributed by atoms with Crippen molar-refractivity contribution in [3.05, 3.63) is 18.5 Å². The third-order valence-electron chi connectivity index (χ3n) is 8.96. The highest BCUT2D eigenvalue weighted by Crippen LogP contribution is 2.59. The van der Waals surface area contributed by atoms with Gasteiger partial charge in [0.2, 0.25) is 0 Å². The average molecular weight is 401 g/mol. The first kappa shape index (κ1) is 19.7. The second-order valence-electron chi connectivity index (χ2n) is 10.9. The summed E-state index contributed by atoms with van der Waals surface area (Å²) in [5.74, 6) is 3.77. The number of carbonyl (C=O) groups is 1. The van der Waals surface area contributed by atoms with E-state index >= 15 is 0 Å². The Bertz CT molecular complexity index is 745. The number of ketones is 1. The molecule has 0 amide bonds. The summed E-state index contributed by atoms with van der Waals surface area (Å²) in [5.41, 5.74) is -0.607. The van der Waals surface area contributed by atoms with Crippen molar-refractivity contribution in [2.24, 2.45) is 29.6 Å². The Balaban J connectivity index is 1.27. The molecular weight excluding hydrogens is 364 g/mol. The van der Waals surface area contributed by atoms with Crippen molar-refractivity contribution in [3.8, 4) is 0 Å². The number of nitrogens with zero attached hydrogens (tertiary/aromatic N) is 2. The molecule has 3 unspecified atom stereocenters. The summed E-state index contributed by atoms with van der Waals surface area (Å²) in [7, 11) is 0. The summed E-state index contributed by atoms with van der Waals surface area (Å²) in [4.78, 5) is 12.8. The van der Waals surface area contributed by atoms with Crippen LogP contribution >= 0.6 is 0 Å². The first-order valence-electron chi connectivity index (χ1n) is 11.7. The minimum Gasteiger partial charge on any atom is -0.390 e. The fraction of sp³-hybridized carbons (Fsp3) is 0.833. The van der Waals surface area contributed by atoms with E-state index in [-0.39, 0.29) is 17.5 Å². The van der Waals surface area contributed by atoms with Crippen LogP contribution in [0.15, 0.2) is 18.5 Å². The monoisotopic (exact) mass is 400 g/mol. The molecule has 1 aliphatic heterocycles. The molecule has 3 saturated carbocycles. The Kier molecular flexibility index (Phi) is 4.90. The Morgan fingerprint density at radius 1 is 1.10 bits per heavy atom. The van der Waals surface area contributed by atoms with Gasteiger partial charge in [-0.15, -0.1) is 0 Å². The number of rotatable bonds is 3. The van der Waals surface area contributed by atoms with Gasteiger partial charge < -0.3 is 9.84 Å². The van der Waals surface area contributed by atoms with E-state index in [1.807, 2.05) is 19.2 Å². The van der Waals surface area contributed by atoms with Crippen molar-refractivity contribution < 1.29 is 14.6 Å². The second kappa shape index (κ2) is 7.19. The molecular formula is C24H36N2O3. The normalized spacial score (nSPS) is 47.0. The number of ether oxygens (including phenoxy) is 1. The SMILES string of the molecule is C[C@@]1(O)CC[C@@H]2C3CC[C@]4(C)O[C@@H](C(=O)Cn5cccn5)CCC4C3CC[C@@H]2C1. The van der Waals surface area contributed by atoms with Crippen molar-refractivity contribution in [2.45, 2.75) is 95.5 Å². The number of Topliss-reactive ketones (excluding diaryl/α,β-unsaturated/α-hetero) is 1. The van der Waals surface area contributed by atoms with Gasteiger partial charge in [-0.1, -0.05) is 0 Å². The lowest BCUT2D eigenvalue weighted by atomic mass is 9.50. The van der Waals surface area contributed by atoms with E-state index in [1.165, 1.54) is 25.7 Å². The highest BCUT2D eigenvalue weighted by atomic mass is 16.5. The number of hydrogen-bond donors (Lipinski definition) is 1. The van der Waals surface area contributed by atoms with Gasteiger partial charge in [-0.25, -0.2) is 0 Å². The van der Waals surface area contributed by atoms with Gasteiger partial charge in [0.1, 0.15) is 12.6 Å². The van der Waals surface area contributed by atoms with E-state index in [9.17, 15) is 9.90 Å². The number of carbonyl (C=O) groups excluding carboxylic acids is 1. The van der Waals surface area contributed by atoms with Crippen LogP contribution < -0.4 is 0 Å². The minimum atomic E-state index is -0.451. The fourth-order valence-corrected chi connectivity index (χ4v) is 7.63. The molecule has 8 atom stereocenters. The molecule has 5 heteroatoms. The highest BCUT2D eigenvalue weighted by Gasteiger charge is 2.55. The van der Waals surface area contributed by atoms with Crippen LogP contribution in [0.25, 0.3) is 0 Å². The zero-order chi connectivity index (χ0) is 20.2. The van der Waals surface area contributed by atoms with E-state index < -0.39 is 5.60 Å². The van der Waals surface area contributed by atoms with Crippen LogP contribution in [0.4, 0.5) is 0 Å². The van der Waals surface area contributed by atoms with Crippen molar-refractivity contribution >= 4 is 5.78 Å². The van der Waals surface area contributed by atoms with Crippen LogP contribution in [-0.2, 0) is 16.1 Å². The van der Waals surface area contributed by atoms with Gasteiger partial charge in [-0.05, 0) is 107 Å². The van der Waals surface area contributed by atoms with Gasteiger partial charge in [0, 0.05) is 12.4 Å². The molecule has 160 valence electrons. The maximum Gasteiger partial charge on any atom is 0.182 e. The molecule has 29 heavy (non-hydrogen) atoms. The lowest BCUT2D eigenvalue weighted by Crippen LogP contribution is -2.57. The molecule has 0 radical (unpaired) electrons. The number of fused-ring (bicyclic) bond motifs is 5. The number of aromatic nitrogens is 2. The molecule has 4 aliphatic rings. The molecule has 1 aromatic rings. The van der Waals surface area contributed by atoms with Crippen LogP contribution in [0.3, 0.4) is 0 Å². The highest BCUT2D eigenvalue weighted by molar-refractivity contribution is 5.83. The fourth-order valence-electron chi connectivity index (χ4n) is 7.63. The first-order chi connectivity index (χ1) is 13.8. The molecule has 1 saturated heterocycles. The third kappa shape index (κ3) is 3.59. The Hall–Kier alpha value is -1.20. The predicted molar refractivity (Wildman–Crippen MR) is 110 cm³/mol. The van der Waals surface area contributed by atoms with Gasteiger partial charge in [-0.2, -0.15) is 5.10 Å². The summed E-state index contributed by atoms with van der Waals surface area (Å²) in [6.07, 6.45) is 13.2. The quantitative estimate of drug-likeness (QED) is 0.833. The van der Waals surface area contributed by atoms with Crippen LogP contribution in [0.5, 0.6) is 0 Å². The van der Waals surface area contributed by atoms with Crippen LogP contribution in [0, 0.1) is 29.6 Å². The average Bonchev–Trinajstić information content (AvgIpc) is 3.18. The van der Waals surface area contributed by atoms with Crippen molar-refractivity contribution in [1.82, 2.24) is 9.78 Å². The largest absolute Gasteiger partial charge is 0.390 e. The van der Waals surface area contributed by atoms with Crippen LogP contribution in [-0.4, -0.2) is 38.0 Å². The van der Waals surface area contributed by atoms with Gasteiger partial charge in [0.25, 0.3) is 0 Å². The molecule has 1 aromatic heterocycles. The number of aliphatic hydroxyl groups is 1. The summed E-state index contributed by atoms with van der Waals surface area (Å²) >= 11 is 0. The van der Waals surface area contributed by atoms with E-state index in [0.29, 0.717) is 18.4 Å². The summed E-state index contributed by atoms with van der Waals surface area (Å²) in [6.45, 7) is 4.62. The molecule has 4 fully saturated rings. The standard InChI is InChI=1S/C24H36N2O3/c1-23(28)10-8-17-16(14-23)4-5-19-18(17)9-11-24(2)20(19)6-7-22(29-24)21(27)15-26-13-3-12-25-26/h3,12-13,16-20,22,28H,4-11,14-15H2,1-2H3/t16-,17+,18?,19?,20?,22-,23-,24+/m1/s1. The molecule has 0 spiro atoms. The predicted octanol–water partition coefficient (Wildman–Crippen LogP) is 3.99. The number of hydrogen-bond acceptors (Lipinski definition) is 4. The van der Waals surface area contributed by atoms with Crippen molar-refractivity contribution in [1.29, 1.82) is 0 Å². The molecule has 5 nitrogen and oxygen atoms in total. The topological polar surface area (TPSA) is 64.3 Å². The van der Waals surface area contributed by atoms with E-state index in [4.69, 9.17) is 4.74 Å². The molecule has 0 bridgehead atoms. The maximum atomic E-state index is 12.8. The van der Waals surface area contributed by atoms with E-state index in [0.717, 1.165) is 49.9 Å². The molecule has 1 N–H and O–H groups in total. The minimum absolute atomic E-state index is 0.156. The zero-order valence-electron chi connectivity index (χ0n) is 17.9. The van der Waals surface area contributed by atoms with Gasteiger partial charge in [0.05, 0.1) is 11.2 Å². The Morgan fingerprint density at radius 2 is 1.93 bits per heavy atom. The molecule has 0 aromatic carbocycles. The molecule has 2 heterocycles. The Morgan fingerprint density at radius 3 is 2.72 bits per heavy atom. The summed E-state index contributed by atoms with van der Waals surface area (Å²) in [5, 5.41) is 14.7. The van der Waals surface area contributed by atoms with E-state index in [2.05, 4.69) is 12.0 Å². The zero-order valence-corrected chi connectivity index (χ0v) is 17.9. The molecule has 5 rings (SSSR count). The summed E-state index contributed by atoms with van der Waals surface area (Å²) < 4.78 is 8.28. The maximum absolute atomic E-state index is 12.8. The lowest BCUT2D eigenvalue weighted by molar-refractivity contribution is -0.209. The van der Waals surface area contributed by atoms with Gasteiger partial charge in [0.15, 0.2) is 5.78 Å². The lowest BCUT2D eigenvalue weighted by Gasteiger charge is -2.59. The Labute approximate surface area is 174 Å². The van der Waals surface area contributed by atoms with Gasteiger partial charge in [-0.3, -0.25) is 9.48 Å². The van der Waals surface area contributed by atoms with Crippen molar-refractivity contribution in [2.75, 3.05) is 0 Å². The summed E-state index contributed by atoms with van der Waals surface area (Å²) in [6, 6.07) is 1.86. The van der Waals surface area contributed by atoms with Crippen LogP contribution in [0.1, 0.15) is 71.6 Å². The van der Waals surface area contributed by atoms with E-state index in [1.54, 1.807) is 10.9 Å². The smallest absolute Gasteiger partial charge is 0.182 e. The second-order valence-corrected chi connectivity index (χ2v) is 10.9. The first-order valence-corrected chi connectivity index (χ1v) is 11.7.